The summed E-state index contributed by atoms with van der Waals surface area (Å²) in [6.45, 7) is 3.40. The zero-order valence-corrected chi connectivity index (χ0v) is 22.6. The number of anilines is 3. The molecule has 0 radical (unpaired) electrons. The Bertz CT molecular complexity index is 1410. The molecule has 3 N–H and O–H groups in total. The SMILES string of the molecule is CC(=O)c1ccc(NC(=S)Nc2cccc(SC(C)C(=O)Nc3ccc(Oc4ccccc4)cc3)c2)cc1. The molecule has 1 atom stereocenters. The third-order valence-corrected chi connectivity index (χ3v) is 6.72. The highest BCUT2D eigenvalue weighted by molar-refractivity contribution is 8.00. The van der Waals surface area contributed by atoms with E-state index in [2.05, 4.69) is 16.0 Å². The van der Waals surface area contributed by atoms with Crippen LogP contribution in [0.2, 0.25) is 0 Å². The lowest BCUT2D eigenvalue weighted by Gasteiger charge is -2.14. The van der Waals surface area contributed by atoms with E-state index in [0.717, 1.165) is 22.0 Å². The van der Waals surface area contributed by atoms with Crippen molar-refractivity contribution < 1.29 is 14.3 Å². The Morgan fingerprint density at radius 3 is 2.03 bits per heavy atom. The van der Waals surface area contributed by atoms with E-state index in [1.165, 1.54) is 18.7 Å². The van der Waals surface area contributed by atoms with Crippen LogP contribution in [0.15, 0.2) is 108 Å². The summed E-state index contributed by atoms with van der Waals surface area (Å²) in [6.07, 6.45) is 0. The molecule has 0 saturated carbocycles. The molecule has 8 heteroatoms. The van der Waals surface area contributed by atoms with Crippen LogP contribution in [0.5, 0.6) is 11.5 Å². The number of ether oxygens (including phenoxy) is 1. The monoisotopic (exact) mass is 541 g/mol. The van der Waals surface area contributed by atoms with Crippen LogP contribution < -0.4 is 20.7 Å². The van der Waals surface area contributed by atoms with E-state index in [1.54, 1.807) is 24.3 Å². The number of benzene rings is 4. The van der Waals surface area contributed by atoms with E-state index < -0.39 is 0 Å². The van der Waals surface area contributed by atoms with Crippen molar-refractivity contribution in [2.24, 2.45) is 0 Å². The molecule has 4 rings (SSSR count). The molecule has 6 nitrogen and oxygen atoms in total. The molecular formula is C30H27N3O3S2. The second-order valence-corrected chi connectivity index (χ2v) is 10.3. The maximum Gasteiger partial charge on any atom is 0.237 e. The minimum Gasteiger partial charge on any atom is -0.457 e. The van der Waals surface area contributed by atoms with Crippen molar-refractivity contribution in [3.05, 3.63) is 109 Å². The molecule has 38 heavy (non-hydrogen) atoms. The first kappa shape index (κ1) is 26.9. The summed E-state index contributed by atoms with van der Waals surface area (Å²) in [5.74, 6) is 1.37. The highest BCUT2D eigenvalue weighted by Crippen LogP contribution is 2.28. The maximum atomic E-state index is 12.8. The van der Waals surface area contributed by atoms with Gasteiger partial charge < -0.3 is 20.7 Å². The Labute approximate surface area is 231 Å². The Balaban J connectivity index is 1.28. The van der Waals surface area contributed by atoms with Crippen molar-refractivity contribution >= 4 is 57.8 Å². The molecule has 192 valence electrons. The number of carbonyl (C=O) groups excluding carboxylic acids is 2. The maximum absolute atomic E-state index is 12.8. The summed E-state index contributed by atoms with van der Waals surface area (Å²) in [7, 11) is 0. The van der Waals surface area contributed by atoms with Crippen molar-refractivity contribution in [3.63, 3.8) is 0 Å². The van der Waals surface area contributed by atoms with Crippen molar-refractivity contribution in [1.29, 1.82) is 0 Å². The van der Waals surface area contributed by atoms with Crippen molar-refractivity contribution in [3.8, 4) is 11.5 Å². The molecule has 0 aliphatic heterocycles. The van der Waals surface area contributed by atoms with Gasteiger partial charge in [-0.15, -0.1) is 11.8 Å². The average Bonchev–Trinajstić information content (AvgIpc) is 2.91. The van der Waals surface area contributed by atoms with Gasteiger partial charge in [0.2, 0.25) is 5.91 Å². The van der Waals surface area contributed by atoms with E-state index in [1.807, 2.05) is 85.8 Å². The number of ketones is 1. The van der Waals surface area contributed by atoms with Crippen LogP contribution in [0.3, 0.4) is 0 Å². The number of hydrogen-bond acceptors (Lipinski definition) is 5. The number of rotatable bonds is 9. The number of thiocarbonyl (C=S) groups is 1. The van der Waals surface area contributed by atoms with Gasteiger partial charge in [-0.05, 0) is 105 Å². The summed E-state index contributed by atoms with van der Waals surface area (Å²) in [5.41, 5.74) is 2.93. The summed E-state index contributed by atoms with van der Waals surface area (Å²) in [6, 6.07) is 31.6. The molecule has 0 bridgehead atoms. The van der Waals surface area contributed by atoms with Gasteiger partial charge in [0.05, 0.1) is 5.25 Å². The second kappa shape index (κ2) is 12.9. The Hall–Kier alpha value is -4.14. The summed E-state index contributed by atoms with van der Waals surface area (Å²) in [4.78, 5) is 25.2. The van der Waals surface area contributed by atoms with Crippen molar-refractivity contribution in [1.82, 2.24) is 0 Å². The number of nitrogens with one attached hydrogen (secondary N) is 3. The normalized spacial score (nSPS) is 11.2. The minimum atomic E-state index is -0.324. The molecule has 0 aromatic heterocycles. The van der Waals surface area contributed by atoms with Gasteiger partial charge >= 0.3 is 0 Å². The molecule has 1 unspecified atom stereocenters. The Kier molecular flexibility index (Phi) is 9.13. The first-order valence-corrected chi connectivity index (χ1v) is 13.2. The minimum absolute atomic E-state index is 0.0146. The molecule has 4 aromatic carbocycles. The fourth-order valence-electron chi connectivity index (χ4n) is 3.46. The largest absolute Gasteiger partial charge is 0.457 e. The van der Waals surface area contributed by atoms with Gasteiger partial charge in [0.25, 0.3) is 0 Å². The lowest BCUT2D eigenvalue weighted by Crippen LogP contribution is -2.22. The topological polar surface area (TPSA) is 79.5 Å². The van der Waals surface area contributed by atoms with E-state index in [9.17, 15) is 9.59 Å². The van der Waals surface area contributed by atoms with Crippen LogP contribution in [0.4, 0.5) is 17.1 Å². The molecule has 0 spiro atoms. The zero-order chi connectivity index (χ0) is 26.9. The van der Waals surface area contributed by atoms with Crippen LogP contribution in [0.25, 0.3) is 0 Å². The number of amides is 1. The fraction of sp³-hybridized carbons (Fsp3) is 0.100. The van der Waals surface area contributed by atoms with Gasteiger partial charge in [-0.1, -0.05) is 24.3 Å². The molecule has 0 heterocycles. The first-order valence-electron chi connectivity index (χ1n) is 12.0. The fourth-order valence-corrected chi connectivity index (χ4v) is 4.62. The zero-order valence-electron chi connectivity index (χ0n) is 20.9. The number of hydrogen-bond donors (Lipinski definition) is 3. The van der Waals surface area contributed by atoms with Gasteiger partial charge in [-0.2, -0.15) is 0 Å². The van der Waals surface area contributed by atoms with E-state index in [0.29, 0.717) is 22.1 Å². The number of thioether (sulfide) groups is 1. The molecule has 0 aliphatic rings. The predicted molar refractivity (Wildman–Crippen MR) is 160 cm³/mol. The van der Waals surface area contributed by atoms with E-state index in [4.69, 9.17) is 17.0 Å². The van der Waals surface area contributed by atoms with Crippen molar-refractivity contribution in [2.45, 2.75) is 24.0 Å². The van der Waals surface area contributed by atoms with Gasteiger partial charge in [0, 0.05) is 27.5 Å². The summed E-state index contributed by atoms with van der Waals surface area (Å²) < 4.78 is 5.80. The van der Waals surface area contributed by atoms with Gasteiger partial charge in [0.1, 0.15) is 11.5 Å². The molecule has 0 saturated heterocycles. The molecule has 0 fully saturated rings. The number of carbonyl (C=O) groups is 2. The van der Waals surface area contributed by atoms with E-state index >= 15 is 0 Å². The van der Waals surface area contributed by atoms with Crippen LogP contribution in [-0.4, -0.2) is 22.1 Å². The smallest absolute Gasteiger partial charge is 0.237 e. The lowest BCUT2D eigenvalue weighted by atomic mass is 10.1. The van der Waals surface area contributed by atoms with Crippen LogP contribution >= 0.6 is 24.0 Å². The standard InChI is InChI=1S/C30H27N3O3S2/c1-20(34)22-11-13-24(14-12-22)32-30(37)33-25-7-6-10-28(19-25)38-21(2)29(35)31-23-15-17-27(18-16-23)36-26-8-4-3-5-9-26/h3-19,21H,1-2H3,(H,31,35)(H2,32,33,37). The Morgan fingerprint density at radius 1 is 0.737 bits per heavy atom. The third-order valence-electron chi connectivity index (χ3n) is 5.42. The first-order chi connectivity index (χ1) is 18.4. The van der Waals surface area contributed by atoms with Gasteiger partial charge in [0.15, 0.2) is 10.9 Å². The van der Waals surface area contributed by atoms with Crippen LogP contribution in [0, 0.1) is 0 Å². The second-order valence-electron chi connectivity index (χ2n) is 8.43. The predicted octanol–water partition coefficient (Wildman–Crippen LogP) is 7.61. The lowest BCUT2D eigenvalue weighted by molar-refractivity contribution is -0.115. The van der Waals surface area contributed by atoms with E-state index in [-0.39, 0.29) is 16.9 Å². The van der Waals surface area contributed by atoms with Gasteiger partial charge in [-0.25, -0.2) is 0 Å². The van der Waals surface area contributed by atoms with Crippen molar-refractivity contribution in [2.75, 3.05) is 16.0 Å². The Morgan fingerprint density at radius 2 is 1.34 bits per heavy atom. The molecule has 4 aromatic rings. The van der Waals surface area contributed by atoms with Gasteiger partial charge in [-0.3, -0.25) is 9.59 Å². The summed E-state index contributed by atoms with van der Waals surface area (Å²) in [5, 5.41) is 9.33. The summed E-state index contributed by atoms with van der Waals surface area (Å²) >= 11 is 6.88. The third kappa shape index (κ3) is 7.93. The number of para-hydroxylation sites is 1. The van der Waals surface area contributed by atoms with Crippen LogP contribution in [-0.2, 0) is 4.79 Å². The highest BCUT2D eigenvalue weighted by atomic mass is 32.2. The van der Waals surface area contributed by atoms with Crippen LogP contribution in [0.1, 0.15) is 24.2 Å². The molecule has 0 aliphatic carbocycles. The average molecular weight is 542 g/mol. The molecular weight excluding hydrogens is 514 g/mol. The number of Topliss-reactive ketones (excluding diaryl/α,β-unsaturated/α-hetero) is 1. The molecule has 1 amide bonds. The highest BCUT2D eigenvalue weighted by Gasteiger charge is 2.15. The quantitative estimate of drug-likeness (QED) is 0.114.